The first kappa shape index (κ1) is 15.2. The molecule has 2 N–H and O–H groups in total. The number of nitrogens with two attached hydrogens (primary N) is 1. The van der Waals surface area contributed by atoms with Gasteiger partial charge in [0.25, 0.3) is 0 Å². The molecule has 0 saturated heterocycles. The molecule has 3 nitrogen and oxygen atoms in total. The maximum absolute atomic E-state index is 14.0. The van der Waals surface area contributed by atoms with Crippen LogP contribution in [0, 0.1) is 5.82 Å². The average molecular weight is 287 g/mol. The summed E-state index contributed by atoms with van der Waals surface area (Å²) in [7, 11) is 1.40. The summed E-state index contributed by atoms with van der Waals surface area (Å²) in [5.41, 5.74) is 7.84. The number of rotatable bonds is 6. The van der Waals surface area contributed by atoms with E-state index in [4.69, 9.17) is 10.5 Å². The fourth-order valence-corrected chi connectivity index (χ4v) is 2.27. The van der Waals surface area contributed by atoms with Crippen LogP contribution in [-0.4, -0.2) is 12.9 Å². The van der Waals surface area contributed by atoms with Gasteiger partial charge in [-0.05, 0) is 22.8 Å². The van der Waals surface area contributed by atoms with E-state index in [0.29, 0.717) is 12.1 Å². The number of carbonyl (C=O) groups excluding carboxylic acids is 1. The van der Waals surface area contributed by atoms with Gasteiger partial charge in [-0.3, -0.25) is 4.79 Å². The molecule has 21 heavy (non-hydrogen) atoms. The summed E-state index contributed by atoms with van der Waals surface area (Å²) in [6.07, 6.45) is 0.298. The Kier molecular flexibility index (Phi) is 5.06. The van der Waals surface area contributed by atoms with Crippen molar-refractivity contribution in [3.05, 3.63) is 65.0 Å². The SMILES string of the molecule is COc1cccc(CC(=O)Cc2ccccc2CN)c1F. The van der Waals surface area contributed by atoms with Crippen molar-refractivity contribution in [2.75, 3.05) is 7.11 Å². The lowest BCUT2D eigenvalue weighted by Crippen LogP contribution is -2.11. The summed E-state index contributed by atoms with van der Waals surface area (Å²) in [5, 5.41) is 0. The summed E-state index contributed by atoms with van der Waals surface area (Å²) in [6, 6.07) is 12.3. The number of ketones is 1. The number of carbonyl (C=O) groups is 1. The molecule has 0 unspecified atom stereocenters. The van der Waals surface area contributed by atoms with E-state index in [1.165, 1.54) is 13.2 Å². The highest BCUT2D eigenvalue weighted by Crippen LogP contribution is 2.21. The zero-order valence-electron chi connectivity index (χ0n) is 11.9. The minimum Gasteiger partial charge on any atom is -0.494 e. The molecule has 4 heteroatoms. The summed E-state index contributed by atoms with van der Waals surface area (Å²) in [4.78, 5) is 12.2. The molecule has 0 spiro atoms. The highest BCUT2D eigenvalue weighted by molar-refractivity contribution is 5.83. The van der Waals surface area contributed by atoms with Crippen LogP contribution in [0.3, 0.4) is 0 Å². The standard InChI is InChI=1S/C17H18FNO2/c1-21-16-8-4-7-13(17(16)18)10-15(20)9-12-5-2-3-6-14(12)11-19/h2-8H,9-11,19H2,1H3. The van der Waals surface area contributed by atoms with Crippen LogP contribution < -0.4 is 10.5 Å². The van der Waals surface area contributed by atoms with E-state index in [1.807, 2.05) is 24.3 Å². The first-order chi connectivity index (χ1) is 10.2. The van der Waals surface area contributed by atoms with Crippen molar-refractivity contribution in [3.8, 4) is 5.75 Å². The molecule has 0 radical (unpaired) electrons. The quantitative estimate of drug-likeness (QED) is 0.888. The van der Waals surface area contributed by atoms with Gasteiger partial charge < -0.3 is 10.5 Å². The zero-order chi connectivity index (χ0) is 15.2. The third kappa shape index (κ3) is 3.67. The van der Waals surface area contributed by atoms with Crippen LogP contribution in [-0.2, 0) is 24.2 Å². The first-order valence-electron chi connectivity index (χ1n) is 6.75. The lowest BCUT2D eigenvalue weighted by molar-refractivity contribution is -0.117. The summed E-state index contributed by atoms with van der Waals surface area (Å²) in [6.45, 7) is 0.386. The second-order valence-electron chi connectivity index (χ2n) is 4.80. The Morgan fingerprint density at radius 2 is 1.67 bits per heavy atom. The molecular formula is C17H18FNO2. The number of halogens is 1. The van der Waals surface area contributed by atoms with Crippen LogP contribution in [0.15, 0.2) is 42.5 Å². The maximum Gasteiger partial charge on any atom is 0.168 e. The third-order valence-corrected chi connectivity index (χ3v) is 3.38. The highest BCUT2D eigenvalue weighted by atomic mass is 19.1. The molecule has 0 bridgehead atoms. The topological polar surface area (TPSA) is 52.3 Å². The van der Waals surface area contributed by atoms with Gasteiger partial charge in [-0.1, -0.05) is 36.4 Å². The van der Waals surface area contributed by atoms with E-state index in [9.17, 15) is 9.18 Å². The van der Waals surface area contributed by atoms with Gasteiger partial charge in [0, 0.05) is 19.4 Å². The van der Waals surface area contributed by atoms with Gasteiger partial charge in [0.1, 0.15) is 5.78 Å². The molecule has 0 saturated carbocycles. The average Bonchev–Trinajstić information content (AvgIpc) is 2.50. The molecule has 0 atom stereocenters. The van der Waals surface area contributed by atoms with Crippen molar-refractivity contribution in [3.63, 3.8) is 0 Å². The molecule has 2 rings (SSSR count). The van der Waals surface area contributed by atoms with Crippen LogP contribution in [0.5, 0.6) is 5.75 Å². The number of hydrogen-bond donors (Lipinski definition) is 1. The van der Waals surface area contributed by atoms with Crippen LogP contribution in [0.25, 0.3) is 0 Å². The van der Waals surface area contributed by atoms with Crippen molar-refractivity contribution < 1.29 is 13.9 Å². The van der Waals surface area contributed by atoms with Crippen LogP contribution >= 0.6 is 0 Å². The molecule has 2 aromatic rings. The van der Waals surface area contributed by atoms with E-state index in [1.54, 1.807) is 12.1 Å². The number of ether oxygens (including phenoxy) is 1. The number of methoxy groups -OCH3 is 1. The Bertz CT molecular complexity index is 640. The van der Waals surface area contributed by atoms with E-state index in [2.05, 4.69) is 0 Å². The third-order valence-electron chi connectivity index (χ3n) is 3.38. The molecule has 2 aromatic carbocycles. The van der Waals surface area contributed by atoms with Crippen LogP contribution in [0.4, 0.5) is 4.39 Å². The van der Waals surface area contributed by atoms with Crippen LogP contribution in [0.2, 0.25) is 0 Å². The summed E-state index contributed by atoms with van der Waals surface area (Å²) < 4.78 is 18.9. The van der Waals surface area contributed by atoms with E-state index in [0.717, 1.165) is 11.1 Å². The fourth-order valence-electron chi connectivity index (χ4n) is 2.27. The smallest absolute Gasteiger partial charge is 0.168 e. The van der Waals surface area contributed by atoms with E-state index in [-0.39, 0.29) is 24.4 Å². The predicted octanol–water partition coefficient (Wildman–Crippen LogP) is 2.65. The molecule has 0 aliphatic rings. The van der Waals surface area contributed by atoms with E-state index < -0.39 is 5.82 Å². The second kappa shape index (κ2) is 6.99. The monoisotopic (exact) mass is 287 g/mol. The Hall–Kier alpha value is -2.20. The molecule has 0 fully saturated rings. The second-order valence-corrected chi connectivity index (χ2v) is 4.80. The van der Waals surface area contributed by atoms with E-state index >= 15 is 0 Å². The molecule has 0 aromatic heterocycles. The predicted molar refractivity (Wildman–Crippen MR) is 79.7 cm³/mol. The lowest BCUT2D eigenvalue weighted by Gasteiger charge is -2.09. The van der Waals surface area contributed by atoms with Crippen molar-refractivity contribution in [1.82, 2.24) is 0 Å². The Morgan fingerprint density at radius 1 is 1.05 bits per heavy atom. The van der Waals surface area contributed by atoms with Gasteiger partial charge in [-0.25, -0.2) is 4.39 Å². The fraction of sp³-hybridized carbons (Fsp3) is 0.235. The molecule has 0 aliphatic carbocycles. The Morgan fingerprint density at radius 3 is 2.33 bits per heavy atom. The number of hydrogen-bond acceptors (Lipinski definition) is 3. The van der Waals surface area contributed by atoms with Crippen molar-refractivity contribution in [2.45, 2.75) is 19.4 Å². The molecular weight excluding hydrogens is 269 g/mol. The van der Waals surface area contributed by atoms with Crippen molar-refractivity contribution >= 4 is 5.78 Å². The van der Waals surface area contributed by atoms with Gasteiger partial charge in [0.2, 0.25) is 0 Å². The minimum atomic E-state index is -0.472. The largest absolute Gasteiger partial charge is 0.494 e. The first-order valence-corrected chi connectivity index (χ1v) is 6.75. The summed E-state index contributed by atoms with van der Waals surface area (Å²) >= 11 is 0. The van der Waals surface area contributed by atoms with Crippen LogP contribution in [0.1, 0.15) is 16.7 Å². The van der Waals surface area contributed by atoms with Gasteiger partial charge in [-0.15, -0.1) is 0 Å². The maximum atomic E-state index is 14.0. The van der Waals surface area contributed by atoms with Gasteiger partial charge in [0.15, 0.2) is 11.6 Å². The van der Waals surface area contributed by atoms with Crippen molar-refractivity contribution in [1.29, 1.82) is 0 Å². The molecule has 0 aliphatic heterocycles. The Labute approximate surface area is 123 Å². The molecule has 110 valence electrons. The molecule has 0 amide bonds. The summed E-state index contributed by atoms with van der Waals surface area (Å²) in [5.74, 6) is -0.369. The number of Topliss-reactive ketones (excluding diaryl/α,β-unsaturated/α-hetero) is 1. The number of benzene rings is 2. The zero-order valence-corrected chi connectivity index (χ0v) is 11.9. The van der Waals surface area contributed by atoms with Crippen molar-refractivity contribution in [2.24, 2.45) is 5.73 Å². The molecule has 0 heterocycles. The highest BCUT2D eigenvalue weighted by Gasteiger charge is 2.13. The van der Waals surface area contributed by atoms with Gasteiger partial charge in [-0.2, -0.15) is 0 Å². The Balaban J connectivity index is 2.12. The normalized spacial score (nSPS) is 10.4. The minimum absolute atomic E-state index is 0.0436. The van der Waals surface area contributed by atoms with Gasteiger partial charge in [0.05, 0.1) is 7.11 Å². The van der Waals surface area contributed by atoms with Gasteiger partial charge >= 0.3 is 0 Å². The lowest BCUT2D eigenvalue weighted by atomic mass is 9.98.